The molecule has 0 N–H and O–H groups in total. The molecule has 0 amide bonds. The number of carbonyl (C=O) groups is 1. The predicted molar refractivity (Wildman–Crippen MR) is 76.9 cm³/mol. The fourth-order valence-corrected chi connectivity index (χ4v) is 3.72. The molecule has 2 unspecified atom stereocenters. The molecule has 0 spiro atoms. The van der Waals surface area contributed by atoms with E-state index in [0.717, 1.165) is 18.3 Å². The maximum Gasteiger partial charge on any atom is 0.302 e. The van der Waals surface area contributed by atoms with Crippen LogP contribution in [0.25, 0.3) is 0 Å². The average Bonchev–Trinajstić information content (AvgIpc) is 2.37. The molecular formula is C16H29NO2. The molecule has 2 aliphatic rings. The zero-order valence-corrected chi connectivity index (χ0v) is 12.8. The first-order valence-corrected chi connectivity index (χ1v) is 7.86. The number of rotatable bonds is 5. The molecule has 2 fully saturated rings. The zero-order chi connectivity index (χ0) is 13.9. The third-order valence-electron chi connectivity index (χ3n) is 5.37. The fourth-order valence-electron chi connectivity index (χ4n) is 3.72. The van der Waals surface area contributed by atoms with Crippen molar-refractivity contribution in [2.24, 2.45) is 17.3 Å². The van der Waals surface area contributed by atoms with Gasteiger partial charge >= 0.3 is 5.97 Å². The molecule has 2 atom stereocenters. The summed E-state index contributed by atoms with van der Waals surface area (Å²) in [5.41, 5.74) is 0.414. The summed E-state index contributed by atoms with van der Waals surface area (Å²) < 4.78 is 5.08. The smallest absolute Gasteiger partial charge is 0.302 e. The highest BCUT2D eigenvalue weighted by molar-refractivity contribution is 5.65. The Morgan fingerprint density at radius 2 is 1.89 bits per heavy atom. The molecule has 0 aromatic carbocycles. The number of nitrogens with zero attached hydrogens (tertiary/aromatic N) is 1. The monoisotopic (exact) mass is 267 g/mol. The van der Waals surface area contributed by atoms with Crippen LogP contribution in [0.4, 0.5) is 0 Å². The van der Waals surface area contributed by atoms with Gasteiger partial charge in [0.05, 0.1) is 6.61 Å². The molecule has 0 aromatic heterocycles. The second-order valence-electron chi connectivity index (χ2n) is 6.94. The summed E-state index contributed by atoms with van der Waals surface area (Å²) in [6.45, 7) is 10.7. The van der Waals surface area contributed by atoms with E-state index in [0.29, 0.717) is 12.0 Å². The minimum absolute atomic E-state index is 0.151. The molecule has 1 heterocycles. The molecule has 0 radical (unpaired) electrons. The van der Waals surface area contributed by atoms with Gasteiger partial charge in [-0.1, -0.05) is 20.3 Å². The summed E-state index contributed by atoms with van der Waals surface area (Å²) >= 11 is 0. The van der Waals surface area contributed by atoms with E-state index in [1.165, 1.54) is 52.2 Å². The lowest BCUT2D eigenvalue weighted by Crippen LogP contribution is -2.51. The van der Waals surface area contributed by atoms with Crippen LogP contribution in [0.1, 0.15) is 52.9 Å². The van der Waals surface area contributed by atoms with E-state index in [4.69, 9.17) is 4.74 Å². The Hall–Kier alpha value is -0.570. The van der Waals surface area contributed by atoms with Crippen molar-refractivity contribution in [2.45, 2.75) is 52.9 Å². The number of hydrogen-bond acceptors (Lipinski definition) is 3. The number of carbonyl (C=O) groups excluding carboxylic acids is 1. The standard InChI is InChI=1S/C16H29NO2/c1-13(18)19-10-7-14-11-15(16(14,2)3)12-17-8-5-4-6-9-17/h14-15H,4-12H2,1-3H3. The van der Waals surface area contributed by atoms with Crippen LogP contribution in [0.2, 0.25) is 0 Å². The van der Waals surface area contributed by atoms with Crippen molar-refractivity contribution < 1.29 is 9.53 Å². The van der Waals surface area contributed by atoms with Crippen molar-refractivity contribution in [1.29, 1.82) is 0 Å². The lowest BCUT2D eigenvalue weighted by Gasteiger charge is -2.54. The fraction of sp³-hybridized carbons (Fsp3) is 0.938. The maximum absolute atomic E-state index is 10.8. The van der Waals surface area contributed by atoms with Crippen molar-refractivity contribution in [2.75, 3.05) is 26.2 Å². The number of hydrogen-bond donors (Lipinski definition) is 0. The van der Waals surface area contributed by atoms with E-state index in [1.807, 2.05) is 0 Å². The first kappa shape index (κ1) is 14.8. The molecule has 3 heteroatoms. The van der Waals surface area contributed by atoms with E-state index in [1.54, 1.807) is 0 Å². The lowest BCUT2D eigenvalue weighted by atomic mass is 9.53. The van der Waals surface area contributed by atoms with Crippen LogP contribution < -0.4 is 0 Å². The molecule has 19 heavy (non-hydrogen) atoms. The minimum atomic E-state index is -0.151. The van der Waals surface area contributed by atoms with Gasteiger partial charge in [0.25, 0.3) is 0 Å². The third-order valence-corrected chi connectivity index (χ3v) is 5.37. The Kier molecular flexibility index (Phi) is 4.88. The highest BCUT2D eigenvalue weighted by Crippen LogP contribution is 2.53. The van der Waals surface area contributed by atoms with Crippen LogP contribution in [-0.2, 0) is 9.53 Å². The highest BCUT2D eigenvalue weighted by atomic mass is 16.5. The van der Waals surface area contributed by atoms with Gasteiger partial charge in [-0.2, -0.15) is 0 Å². The molecular weight excluding hydrogens is 238 g/mol. The van der Waals surface area contributed by atoms with Gasteiger partial charge in [-0.3, -0.25) is 4.79 Å². The number of esters is 1. The molecule has 1 saturated heterocycles. The summed E-state index contributed by atoms with van der Waals surface area (Å²) in [6, 6.07) is 0. The maximum atomic E-state index is 10.8. The molecule has 110 valence electrons. The Bertz CT molecular complexity index is 308. The van der Waals surface area contributed by atoms with Crippen LogP contribution in [0.3, 0.4) is 0 Å². The Morgan fingerprint density at radius 3 is 2.47 bits per heavy atom. The van der Waals surface area contributed by atoms with E-state index >= 15 is 0 Å². The molecule has 0 aromatic rings. The van der Waals surface area contributed by atoms with Gasteiger partial charge in [0, 0.05) is 13.5 Å². The number of piperidine rings is 1. The topological polar surface area (TPSA) is 29.5 Å². The van der Waals surface area contributed by atoms with Gasteiger partial charge in [-0.15, -0.1) is 0 Å². The second-order valence-corrected chi connectivity index (χ2v) is 6.94. The molecule has 2 rings (SSSR count). The predicted octanol–water partition coefficient (Wildman–Crippen LogP) is 3.09. The Morgan fingerprint density at radius 1 is 1.21 bits per heavy atom. The summed E-state index contributed by atoms with van der Waals surface area (Å²) in [5.74, 6) is 1.40. The Labute approximate surface area is 117 Å². The van der Waals surface area contributed by atoms with E-state index in [9.17, 15) is 4.79 Å². The first-order chi connectivity index (χ1) is 9.00. The number of likely N-dealkylation sites (tertiary alicyclic amines) is 1. The molecule has 1 aliphatic heterocycles. The molecule has 3 nitrogen and oxygen atoms in total. The van der Waals surface area contributed by atoms with E-state index < -0.39 is 0 Å². The third kappa shape index (κ3) is 3.71. The van der Waals surface area contributed by atoms with Crippen LogP contribution in [0, 0.1) is 17.3 Å². The highest BCUT2D eigenvalue weighted by Gasteiger charge is 2.47. The van der Waals surface area contributed by atoms with Gasteiger partial charge in [0.15, 0.2) is 0 Å². The van der Waals surface area contributed by atoms with Gasteiger partial charge in [0.1, 0.15) is 0 Å². The number of ether oxygens (including phenoxy) is 1. The van der Waals surface area contributed by atoms with Crippen molar-refractivity contribution in [1.82, 2.24) is 4.90 Å². The van der Waals surface area contributed by atoms with Crippen LogP contribution in [0.5, 0.6) is 0 Å². The lowest BCUT2D eigenvalue weighted by molar-refractivity contribution is -0.143. The van der Waals surface area contributed by atoms with Gasteiger partial charge in [-0.05, 0) is 56.0 Å². The van der Waals surface area contributed by atoms with Crippen LogP contribution >= 0.6 is 0 Å². The van der Waals surface area contributed by atoms with E-state index in [2.05, 4.69) is 18.7 Å². The van der Waals surface area contributed by atoms with Crippen LogP contribution in [-0.4, -0.2) is 37.1 Å². The quantitative estimate of drug-likeness (QED) is 0.717. The van der Waals surface area contributed by atoms with Crippen molar-refractivity contribution in [3.8, 4) is 0 Å². The van der Waals surface area contributed by atoms with Crippen LogP contribution in [0.15, 0.2) is 0 Å². The van der Waals surface area contributed by atoms with Crippen molar-refractivity contribution >= 4 is 5.97 Å². The van der Waals surface area contributed by atoms with Crippen molar-refractivity contribution in [3.05, 3.63) is 0 Å². The first-order valence-electron chi connectivity index (χ1n) is 7.86. The molecule has 0 bridgehead atoms. The Balaban J connectivity index is 1.72. The summed E-state index contributed by atoms with van der Waals surface area (Å²) in [4.78, 5) is 13.4. The zero-order valence-electron chi connectivity index (χ0n) is 12.8. The summed E-state index contributed by atoms with van der Waals surface area (Å²) in [7, 11) is 0. The largest absolute Gasteiger partial charge is 0.466 e. The van der Waals surface area contributed by atoms with Gasteiger partial charge in [0.2, 0.25) is 0 Å². The summed E-state index contributed by atoms with van der Waals surface area (Å²) in [5, 5.41) is 0. The van der Waals surface area contributed by atoms with Gasteiger partial charge < -0.3 is 9.64 Å². The normalized spacial score (nSPS) is 30.7. The second kappa shape index (κ2) is 6.25. The molecule has 1 saturated carbocycles. The van der Waals surface area contributed by atoms with Crippen molar-refractivity contribution in [3.63, 3.8) is 0 Å². The SMILES string of the molecule is CC(=O)OCCC1CC(CN2CCCCC2)C1(C)C. The van der Waals surface area contributed by atoms with E-state index in [-0.39, 0.29) is 5.97 Å². The summed E-state index contributed by atoms with van der Waals surface area (Å²) in [6.07, 6.45) is 6.51. The minimum Gasteiger partial charge on any atom is -0.466 e. The van der Waals surface area contributed by atoms with Gasteiger partial charge in [-0.25, -0.2) is 0 Å². The average molecular weight is 267 g/mol. The molecule has 1 aliphatic carbocycles.